The van der Waals surface area contributed by atoms with Crippen LogP contribution in [0, 0.1) is 0 Å². The second-order valence-electron chi connectivity index (χ2n) is 6.01. The highest BCUT2D eigenvalue weighted by Gasteiger charge is 2.28. The Morgan fingerprint density at radius 1 is 0.714 bits per heavy atom. The molecule has 0 aliphatic heterocycles. The van der Waals surface area contributed by atoms with Crippen molar-refractivity contribution >= 4 is 35.6 Å². The standard InChI is InChI=1S/C15H25N5O8/c16-7(1-4-10(17)21)13(25)19-8(3-6-12(23)24)14(26)20-9(15(27)28)2-5-11(18)22/h7-9H,1-6,16H2,(H2,17,21)(H2,18,22)(H,19,25)(H,20,26)(H,23,24)(H,27,28). The largest absolute Gasteiger partial charge is 0.481 e. The number of nitrogens with one attached hydrogen (secondary N) is 2. The van der Waals surface area contributed by atoms with Gasteiger partial charge < -0.3 is 38.0 Å². The van der Waals surface area contributed by atoms with Gasteiger partial charge >= 0.3 is 11.9 Å². The number of carboxylic acid groups (broad SMARTS) is 2. The number of rotatable bonds is 14. The number of aliphatic carboxylic acids is 2. The van der Waals surface area contributed by atoms with Crippen LogP contribution in [-0.2, 0) is 28.8 Å². The van der Waals surface area contributed by atoms with Gasteiger partial charge in [0.1, 0.15) is 12.1 Å². The first-order valence-corrected chi connectivity index (χ1v) is 8.31. The van der Waals surface area contributed by atoms with Crippen LogP contribution >= 0.6 is 0 Å². The van der Waals surface area contributed by atoms with Crippen molar-refractivity contribution in [3.63, 3.8) is 0 Å². The van der Waals surface area contributed by atoms with Gasteiger partial charge in [-0.1, -0.05) is 0 Å². The number of hydrogen-bond acceptors (Lipinski definition) is 7. The van der Waals surface area contributed by atoms with Crippen LogP contribution in [0.5, 0.6) is 0 Å². The van der Waals surface area contributed by atoms with E-state index >= 15 is 0 Å². The number of amides is 4. The molecule has 13 heteroatoms. The van der Waals surface area contributed by atoms with Crippen LogP contribution in [0.15, 0.2) is 0 Å². The maximum absolute atomic E-state index is 12.3. The molecule has 3 atom stereocenters. The van der Waals surface area contributed by atoms with Crippen LogP contribution in [0.2, 0.25) is 0 Å². The Morgan fingerprint density at radius 3 is 1.64 bits per heavy atom. The minimum atomic E-state index is -1.47. The van der Waals surface area contributed by atoms with Crippen molar-refractivity contribution in [3.05, 3.63) is 0 Å². The molecule has 3 unspecified atom stereocenters. The summed E-state index contributed by atoms with van der Waals surface area (Å²) in [4.78, 5) is 67.9. The van der Waals surface area contributed by atoms with Gasteiger partial charge in [-0.2, -0.15) is 0 Å². The number of carboxylic acids is 2. The maximum atomic E-state index is 12.3. The minimum Gasteiger partial charge on any atom is -0.481 e. The molecule has 28 heavy (non-hydrogen) atoms. The van der Waals surface area contributed by atoms with Crippen LogP contribution < -0.4 is 27.8 Å². The van der Waals surface area contributed by atoms with Crippen molar-refractivity contribution in [3.8, 4) is 0 Å². The van der Waals surface area contributed by atoms with E-state index < -0.39 is 60.1 Å². The Hall–Kier alpha value is -3.22. The third kappa shape index (κ3) is 10.7. The monoisotopic (exact) mass is 403 g/mol. The lowest BCUT2D eigenvalue weighted by molar-refractivity contribution is -0.143. The molecule has 0 aromatic carbocycles. The van der Waals surface area contributed by atoms with Gasteiger partial charge in [0.25, 0.3) is 0 Å². The summed E-state index contributed by atoms with van der Waals surface area (Å²) in [7, 11) is 0. The first kappa shape index (κ1) is 24.8. The molecule has 10 N–H and O–H groups in total. The van der Waals surface area contributed by atoms with Gasteiger partial charge in [0.2, 0.25) is 23.6 Å². The van der Waals surface area contributed by atoms with Crippen molar-refractivity contribution in [2.75, 3.05) is 0 Å². The highest BCUT2D eigenvalue weighted by Crippen LogP contribution is 2.04. The van der Waals surface area contributed by atoms with Crippen molar-refractivity contribution in [2.45, 2.75) is 56.7 Å². The summed E-state index contributed by atoms with van der Waals surface area (Å²) in [6.07, 6.45) is -1.68. The fourth-order valence-electron chi connectivity index (χ4n) is 2.06. The zero-order chi connectivity index (χ0) is 21.9. The Morgan fingerprint density at radius 2 is 1.18 bits per heavy atom. The van der Waals surface area contributed by atoms with Gasteiger partial charge in [-0.3, -0.25) is 24.0 Å². The van der Waals surface area contributed by atoms with Crippen LogP contribution in [0.1, 0.15) is 38.5 Å². The van der Waals surface area contributed by atoms with E-state index in [1.54, 1.807) is 0 Å². The van der Waals surface area contributed by atoms with E-state index in [-0.39, 0.29) is 32.1 Å². The van der Waals surface area contributed by atoms with Crippen LogP contribution in [0.25, 0.3) is 0 Å². The van der Waals surface area contributed by atoms with Gasteiger partial charge in [0, 0.05) is 19.3 Å². The van der Waals surface area contributed by atoms with Crippen molar-refractivity contribution in [1.82, 2.24) is 10.6 Å². The van der Waals surface area contributed by atoms with Crippen LogP contribution in [0.4, 0.5) is 0 Å². The van der Waals surface area contributed by atoms with E-state index in [1.165, 1.54) is 0 Å². The summed E-state index contributed by atoms with van der Waals surface area (Å²) >= 11 is 0. The van der Waals surface area contributed by atoms with E-state index in [0.29, 0.717) is 0 Å². The summed E-state index contributed by atoms with van der Waals surface area (Å²) in [6.45, 7) is 0. The first-order chi connectivity index (χ1) is 12.9. The Bertz CT molecular complexity index is 624. The molecule has 0 aliphatic rings. The van der Waals surface area contributed by atoms with Crippen molar-refractivity contribution < 1.29 is 39.0 Å². The van der Waals surface area contributed by atoms with Crippen molar-refractivity contribution in [1.29, 1.82) is 0 Å². The smallest absolute Gasteiger partial charge is 0.326 e. The lowest BCUT2D eigenvalue weighted by atomic mass is 10.1. The molecule has 0 saturated carbocycles. The molecule has 0 aromatic heterocycles. The molecule has 13 nitrogen and oxygen atoms in total. The normalized spacial score (nSPS) is 13.6. The van der Waals surface area contributed by atoms with E-state index in [4.69, 9.17) is 27.4 Å². The second kappa shape index (κ2) is 12.2. The summed E-state index contributed by atoms with van der Waals surface area (Å²) in [5.41, 5.74) is 15.5. The van der Waals surface area contributed by atoms with Crippen LogP contribution in [-0.4, -0.2) is 63.9 Å². The Labute approximate surface area is 160 Å². The van der Waals surface area contributed by atoms with E-state index in [9.17, 15) is 28.8 Å². The average Bonchev–Trinajstić information content (AvgIpc) is 2.58. The summed E-state index contributed by atoms with van der Waals surface area (Å²) in [5, 5.41) is 22.2. The van der Waals surface area contributed by atoms with Gasteiger partial charge in [-0.25, -0.2) is 4.79 Å². The molecular weight excluding hydrogens is 378 g/mol. The van der Waals surface area contributed by atoms with Gasteiger partial charge in [0.05, 0.1) is 6.04 Å². The third-order valence-corrected chi connectivity index (χ3v) is 3.61. The fourth-order valence-corrected chi connectivity index (χ4v) is 2.06. The lowest BCUT2D eigenvalue weighted by Gasteiger charge is -2.22. The molecule has 0 fully saturated rings. The quantitative estimate of drug-likeness (QED) is 0.154. The second-order valence-corrected chi connectivity index (χ2v) is 6.01. The molecule has 0 heterocycles. The predicted molar refractivity (Wildman–Crippen MR) is 93.2 cm³/mol. The third-order valence-electron chi connectivity index (χ3n) is 3.61. The lowest BCUT2D eigenvalue weighted by Crippen LogP contribution is -2.54. The number of carbonyl (C=O) groups excluding carboxylic acids is 4. The van der Waals surface area contributed by atoms with E-state index in [2.05, 4.69) is 10.6 Å². The Balaban J connectivity index is 5.08. The molecule has 0 radical (unpaired) electrons. The maximum Gasteiger partial charge on any atom is 0.326 e. The summed E-state index contributed by atoms with van der Waals surface area (Å²) < 4.78 is 0. The number of nitrogens with two attached hydrogens (primary N) is 3. The topological polar surface area (TPSA) is 245 Å². The van der Waals surface area contributed by atoms with Gasteiger partial charge in [-0.15, -0.1) is 0 Å². The molecular formula is C15H25N5O8. The number of primary amides is 2. The fraction of sp³-hybridized carbons (Fsp3) is 0.600. The first-order valence-electron chi connectivity index (χ1n) is 8.31. The molecule has 0 bridgehead atoms. The highest BCUT2D eigenvalue weighted by atomic mass is 16.4. The molecule has 4 amide bonds. The molecule has 0 saturated heterocycles. The predicted octanol–water partition coefficient (Wildman–Crippen LogP) is -3.24. The molecule has 0 aromatic rings. The number of carbonyl (C=O) groups is 6. The molecule has 0 rings (SSSR count). The zero-order valence-corrected chi connectivity index (χ0v) is 15.1. The molecule has 158 valence electrons. The Kier molecular flexibility index (Phi) is 10.8. The zero-order valence-electron chi connectivity index (χ0n) is 15.1. The van der Waals surface area contributed by atoms with Gasteiger partial charge in [-0.05, 0) is 19.3 Å². The summed E-state index contributed by atoms with van der Waals surface area (Å²) in [6, 6.07) is -4.04. The van der Waals surface area contributed by atoms with E-state index in [1.807, 2.05) is 0 Å². The average molecular weight is 403 g/mol. The van der Waals surface area contributed by atoms with Gasteiger partial charge in [0.15, 0.2) is 0 Å². The molecule has 0 aliphatic carbocycles. The van der Waals surface area contributed by atoms with Crippen molar-refractivity contribution in [2.24, 2.45) is 17.2 Å². The van der Waals surface area contributed by atoms with E-state index in [0.717, 1.165) is 0 Å². The van der Waals surface area contributed by atoms with Crippen LogP contribution in [0.3, 0.4) is 0 Å². The SMILES string of the molecule is NC(=O)CCC(N)C(=O)NC(CCC(=O)O)C(=O)NC(CCC(N)=O)C(=O)O. The highest BCUT2D eigenvalue weighted by molar-refractivity contribution is 5.92. The minimum absolute atomic E-state index is 0.0925. The number of hydrogen-bond donors (Lipinski definition) is 7. The summed E-state index contributed by atoms with van der Waals surface area (Å²) in [5.74, 6) is -5.92. The molecule has 0 spiro atoms.